The highest BCUT2D eigenvalue weighted by molar-refractivity contribution is 14.1. The van der Waals surface area contributed by atoms with Gasteiger partial charge in [-0.3, -0.25) is 14.2 Å². The summed E-state index contributed by atoms with van der Waals surface area (Å²) in [6.45, 7) is 5.98. The van der Waals surface area contributed by atoms with Gasteiger partial charge >= 0.3 is 0 Å². The number of halogens is 1. The van der Waals surface area contributed by atoms with Gasteiger partial charge in [-0.2, -0.15) is 0 Å². The Hall–Kier alpha value is -3.26. The lowest BCUT2D eigenvalue weighted by atomic mass is 10.1. The number of rotatable bonds is 3. The van der Waals surface area contributed by atoms with Crippen LogP contribution in [0.3, 0.4) is 0 Å². The number of carbonyl (C=O) groups is 1. The van der Waals surface area contributed by atoms with Crippen LogP contribution in [-0.4, -0.2) is 21.5 Å². The Bertz CT molecular complexity index is 1520. The average Bonchev–Trinajstić information content (AvgIpc) is 3.06. The second kappa shape index (κ2) is 8.26. The quantitative estimate of drug-likeness (QED) is 0.248. The molecule has 6 heteroatoms. The Morgan fingerprint density at radius 1 is 0.970 bits per heavy atom. The number of amides is 1. The van der Waals surface area contributed by atoms with E-state index in [9.17, 15) is 9.59 Å². The summed E-state index contributed by atoms with van der Waals surface area (Å²) in [4.78, 5) is 33.8. The summed E-state index contributed by atoms with van der Waals surface area (Å²) in [5, 5.41) is 0.549. The van der Waals surface area contributed by atoms with Crippen LogP contribution in [0, 0.1) is 10.5 Å². The Morgan fingerprint density at radius 3 is 2.52 bits per heavy atom. The maximum absolute atomic E-state index is 13.7. The standard InChI is InChI=1S/C27H22IN3O2/c1-16(2)30-24-10-5-4-9-20(24)21(26(30)32)15-25-29-23-12-11-18(28)14-22(23)27(33)31(25)19-8-6-7-17(3)13-19/h4-16H,1-3H3/b21-15-. The van der Waals surface area contributed by atoms with Crippen molar-refractivity contribution in [3.8, 4) is 5.69 Å². The molecule has 0 N–H and O–H groups in total. The maximum Gasteiger partial charge on any atom is 0.266 e. The molecule has 0 atom stereocenters. The van der Waals surface area contributed by atoms with Gasteiger partial charge in [-0.15, -0.1) is 0 Å². The molecule has 0 saturated carbocycles. The number of fused-ring (bicyclic) bond motifs is 2. The van der Waals surface area contributed by atoms with E-state index >= 15 is 0 Å². The molecule has 4 aromatic rings. The smallest absolute Gasteiger partial charge is 0.266 e. The van der Waals surface area contributed by atoms with E-state index in [-0.39, 0.29) is 17.5 Å². The predicted octanol–water partition coefficient (Wildman–Crippen LogP) is 5.59. The second-order valence-corrected chi connectivity index (χ2v) is 9.70. The fourth-order valence-electron chi connectivity index (χ4n) is 4.34. The molecule has 0 aliphatic carbocycles. The highest BCUT2D eigenvalue weighted by Crippen LogP contribution is 2.38. The molecule has 0 bridgehead atoms. The molecule has 0 spiro atoms. The normalized spacial score (nSPS) is 14.5. The third-order valence-corrected chi connectivity index (χ3v) is 6.48. The molecular formula is C27H22IN3O2. The van der Waals surface area contributed by atoms with Crippen molar-refractivity contribution in [3.63, 3.8) is 0 Å². The maximum atomic E-state index is 13.7. The minimum atomic E-state index is -0.157. The summed E-state index contributed by atoms with van der Waals surface area (Å²) in [7, 11) is 0. The van der Waals surface area contributed by atoms with Gasteiger partial charge < -0.3 is 4.90 Å². The summed E-state index contributed by atoms with van der Waals surface area (Å²) < 4.78 is 2.57. The van der Waals surface area contributed by atoms with Crippen LogP contribution in [0.2, 0.25) is 0 Å². The van der Waals surface area contributed by atoms with Crippen molar-refractivity contribution in [2.75, 3.05) is 4.90 Å². The summed E-state index contributed by atoms with van der Waals surface area (Å²) in [5.74, 6) is 0.349. The predicted molar refractivity (Wildman–Crippen MR) is 142 cm³/mol. The van der Waals surface area contributed by atoms with E-state index in [2.05, 4.69) is 22.6 Å². The summed E-state index contributed by atoms with van der Waals surface area (Å²) in [5.41, 5.74) is 4.48. The zero-order chi connectivity index (χ0) is 23.3. The van der Waals surface area contributed by atoms with Gasteiger partial charge in [-0.05, 0) is 91.4 Å². The van der Waals surface area contributed by atoms with Gasteiger partial charge in [0.1, 0.15) is 5.82 Å². The molecule has 164 valence electrons. The lowest BCUT2D eigenvalue weighted by molar-refractivity contribution is -0.113. The minimum absolute atomic E-state index is 0.00940. The number of aromatic nitrogens is 2. The summed E-state index contributed by atoms with van der Waals surface area (Å²) in [6, 6.07) is 21.2. The van der Waals surface area contributed by atoms with Crippen molar-refractivity contribution >= 4 is 56.7 Å². The fraction of sp³-hybridized carbons (Fsp3) is 0.148. The molecule has 0 saturated heterocycles. The molecule has 5 rings (SSSR count). The largest absolute Gasteiger partial charge is 0.305 e. The van der Waals surface area contributed by atoms with Crippen molar-refractivity contribution in [1.29, 1.82) is 0 Å². The Balaban J connectivity index is 1.83. The van der Waals surface area contributed by atoms with Crippen molar-refractivity contribution < 1.29 is 4.79 Å². The van der Waals surface area contributed by atoms with Crippen molar-refractivity contribution in [3.05, 3.63) is 97.6 Å². The number of benzene rings is 3. The van der Waals surface area contributed by atoms with Gasteiger partial charge in [0, 0.05) is 15.2 Å². The molecule has 1 aromatic heterocycles. The van der Waals surface area contributed by atoms with Gasteiger partial charge in [-0.1, -0.05) is 30.3 Å². The molecule has 1 aliphatic rings. The first-order valence-corrected chi connectivity index (χ1v) is 11.9. The number of hydrogen-bond acceptors (Lipinski definition) is 3. The van der Waals surface area contributed by atoms with Crippen LogP contribution in [0.25, 0.3) is 28.2 Å². The third-order valence-electron chi connectivity index (χ3n) is 5.81. The van der Waals surface area contributed by atoms with Crippen LogP contribution in [-0.2, 0) is 4.79 Å². The first-order chi connectivity index (χ1) is 15.8. The lowest BCUT2D eigenvalue weighted by Gasteiger charge is -2.21. The minimum Gasteiger partial charge on any atom is -0.305 e. The lowest BCUT2D eigenvalue weighted by Crippen LogP contribution is -2.33. The average molecular weight is 547 g/mol. The van der Waals surface area contributed by atoms with E-state index in [1.807, 2.05) is 87.5 Å². The number of hydrogen-bond donors (Lipinski definition) is 0. The molecule has 3 aromatic carbocycles. The summed E-state index contributed by atoms with van der Waals surface area (Å²) in [6.07, 6.45) is 1.75. The van der Waals surface area contributed by atoms with E-state index in [4.69, 9.17) is 4.98 Å². The number of para-hydroxylation sites is 1. The molecule has 2 heterocycles. The van der Waals surface area contributed by atoms with Crippen molar-refractivity contribution in [2.24, 2.45) is 0 Å². The van der Waals surface area contributed by atoms with E-state index in [1.165, 1.54) is 0 Å². The first-order valence-electron chi connectivity index (χ1n) is 10.8. The van der Waals surface area contributed by atoms with Gasteiger partial charge in [-0.25, -0.2) is 4.98 Å². The van der Waals surface area contributed by atoms with E-state index in [1.54, 1.807) is 15.5 Å². The highest BCUT2D eigenvalue weighted by atomic mass is 127. The Morgan fingerprint density at radius 2 is 1.76 bits per heavy atom. The number of aryl methyl sites for hydroxylation is 1. The van der Waals surface area contributed by atoms with Crippen molar-refractivity contribution in [1.82, 2.24) is 9.55 Å². The molecule has 1 amide bonds. The van der Waals surface area contributed by atoms with Crippen LogP contribution in [0.15, 0.2) is 71.5 Å². The zero-order valence-electron chi connectivity index (χ0n) is 18.5. The molecule has 1 aliphatic heterocycles. The van der Waals surface area contributed by atoms with E-state index < -0.39 is 0 Å². The molecule has 5 nitrogen and oxygen atoms in total. The van der Waals surface area contributed by atoms with Crippen LogP contribution >= 0.6 is 22.6 Å². The second-order valence-electron chi connectivity index (χ2n) is 8.46. The van der Waals surface area contributed by atoms with Crippen LogP contribution in [0.1, 0.15) is 30.8 Å². The Labute approximate surface area is 205 Å². The zero-order valence-corrected chi connectivity index (χ0v) is 20.7. The van der Waals surface area contributed by atoms with Gasteiger partial charge in [0.15, 0.2) is 0 Å². The highest BCUT2D eigenvalue weighted by Gasteiger charge is 2.34. The number of anilines is 1. The summed E-state index contributed by atoms with van der Waals surface area (Å²) >= 11 is 2.20. The number of nitrogens with zero attached hydrogens (tertiary/aromatic N) is 3. The van der Waals surface area contributed by atoms with Gasteiger partial charge in [0.05, 0.1) is 27.9 Å². The van der Waals surface area contributed by atoms with Crippen LogP contribution < -0.4 is 10.5 Å². The first kappa shape index (κ1) is 21.6. The molecule has 0 unspecified atom stereocenters. The van der Waals surface area contributed by atoms with Crippen LogP contribution in [0.5, 0.6) is 0 Å². The Kier molecular flexibility index (Phi) is 5.40. The molecular weight excluding hydrogens is 525 g/mol. The SMILES string of the molecule is Cc1cccc(-n2c(/C=C3\C(=O)N(C(C)C)c4ccccc43)nc3ccc(I)cc3c2=O)c1. The van der Waals surface area contributed by atoms with E-state index in [0.29, 0.717) is 22.3 Å². The topological polar surface area (TPSA) is 55.2 Å². The molecule has 0 fully saturated rings. The number of carbonyl (C=O) groups excluding carboxylic acids is 1. The van der Waals surface area contributed by atoms with Crippen molar-refractivity contribution in [2.45, 2.75) is 26.8 Å². The van der Waals surface area contributed by atoms with Gasteiger partial charge in [0.25, 0.3) is 11.5 Å². The molecule has 0 radical (unpaired) electrons. The van der Waals surface area contributed by atoms with Gasteiger partial charge in [0.2, 0.25) is 0 Å². The van der Waals surface area contributed by atoms with Crippen LogP contribution in [0.4, 0.5) is 5.69 Å². The fourth-order valence-corrected chi connectivity index (χ4v) is 4.83. The molecule has 33 heavy (non-hydrogen) atoms. The van der Waals surface area contributed by atoms with E-state index in [0.717, 1.165) is 26.1 Å². The third kappa shape index (κ3) is 3.68. The monoisotopic (exact) mass is 547 g/mol.